The summed E-state index contributed by atoms with van der Waals surface area (Å²) >= 11 is 0. The topological polar surface area (TPSA) is 177 Å². The average Bonchev–Trinajstić information content (AvgIpc) is 3.95. The number of hydrogen-bond donors (Lipinski definition) is 4. The zero-order chi connectivity index (χ0) is 39.9. The molecule has 5 rings (SSSR count). The van der Waals surface area contributed by atoms with E-state index in [1.807, 2.05) is 44.2 Å². The van der Waals surface area contributed by atoms with Gasteiger partial charge in [0.2, 0.25) is 18.2 Å². The molecule has 0 radical (unpaired) electrons. The van der Waals surface area contributed by atoms with Gasteiger partial charge in [-0.2, -0.15) is 0 Å². The maximum atomic E-state index is 14.1. The first-order valence-electron chi connectivity index (χ1n) is 20.5. The van der Waals surface area contributed by atoms with Crippen molar-refractivity contribution >= 4 is 36.0 Å². The summed E-state index contributed by atoms with van der Waals surface area (Å²) in [6.07, 6.45) is 17.9. The van der Waals surface area contributed by atoms with Crippen molar-refractivity contribution in [2.45, 2.75) is 156 Å². The number of ketones is 1. The lowest BCUT2D eigenvalue weighted by Gasteiger charge is -2.35. The van der Waals surface area contributed by atoms with Crippen LogP contribution in [0.2, 0.25) is 0 Å². The van der Waals surface area contributed by atoms with Crippen LogP contribution in [0.4, 0.5) is 4.79 Å². The van der Waals surface area contributed by atoms with E-state index >= 15 is 0 Å². The third-order valence-corrected chi connectivity index (χ3v) is 10.7. The largest absolute Gasteiger partial charge is 0.460 e. The number of amides is 5. The number of Topliss-reactive ketones (excluding diaryl/α,β-unsaturated/α-hetero) is 1. The van der Waals surface area contributed by atoms with Crippen LogP contribution in [0.1, 0.15) is 136 Å². The van der Waals surface area contributed by atoms with Crippen LogP contribution in [-0.4, -0.2) is 72.1 Å². The number of likely N-dealkylation sites (tertiary alicyclic amines) is 1. The first-order chi connectivity index (χ1) is 26.0. The zero-order valence-corrected chi connectivity index (χ0v) is 33.6. The van der Waals surface area contributed by atoms with E-state index in [0.717, 1.165) is 50.5 Å². The summed E-state index contributed by atoms with van der Waals surface area (Å²) in [6, 6.07) is 6.53. The summed E-state index contributed by atoms with van der Waals surface area (Å²) in [5, 5.41) is 8.32. The highest BCUT2D eigenvalue weighted by Gasteiger charge is 2.47. The molecule has 3 saturated carbocycles. The Morgan fingerprint density at radius 2 is 1.41 bits per heavy atom. The molecule has 1 aliphatic heterocycles. The van der Waals surface area contributed by atoms with Gasteiger partial charge in [-0.25, -0.2) is 4.79 Å². The van der Waals surface area contributed by atoms with Crippen LogP contribution < -0.4 is 21.7 Å². The fraction of sp³-hybridized carbons (Fsp3) is 0.714. The number of ether oxygens (including phenoxy) is 1. The monoisotopic (exact) mass is 756 g/mol. The molecule has 5 N–H and O–H groups in total. The Morgan fingerprint density at radius 1 is 0.870 bits per heavy atom. The van der Waals surface area contributed by atoms with Gasteiger partial charge in [0.25, 0.3) is 0 Å². The molecule has 4 unspecified atom stereocenters. The van der Waals surface area contributed by atoms with E-state index in [1.165, 1.54) is 51.9 Å². The highest BCUT2D eigenvalue weighted by atomic mass is 16.5. The van der Waals surface area contributed by atoms with Crippen LogP contribution in [0.25, 0.3) is 0 Å². The number of nitrogens with two attached hydrogens (primary N) is 1. The molecule has 0 aromatic heterocycles. The second kappa shape index (κ2) is 26.0. The molecule has 12 nitrogen and oxygen atoms in total. The predicted octanol–water partition coefficient (Wildman–Crippen LogP) is 6.19. The molecule has 5 amide bonds. The Bertz CT molecular complexity index is 1270. The van der Waals surface area contributed by atoms with E-state index in [4.69, 9.17) is 9.53 Å². The summed E-state index contributed by atoms with van der Waals surface area (Å²) in [5.74, 6) is -0.905. The van der Waals surface area contributed by atoms with Crippen LogP contribution in [0.5, 0.6) is 0 Å². The van der Waals surface area contributed by atoms with Crippen LogP contribution in [-0.2, 0) is 35.3 Å². The summed E-state index contributed by atoms with van der Waals surface area (Å²) < 4.78 is 5.24. The van der Waals surface area contributed by atoms with Gasteiger partial charge in [-0.05, 0) is 55.4 Å². The second-order valence-electron chi connectivity index (χ2n) is 15.4. The Labute approximate surface area is 323 Å². The van der Waals surface area contributed by atoms with Gasteiger partial charge in [0.05, 0.1) is 6.04 Å². The molecule has 1 saturated heterocycles. The average molecular weight is 756 g/mol. The van der Waals surface area contributed by atoms with Crippen LogP contribution in [0, 0.1) is 23.7 Å². The van der Waals surface area contributed by atoms with Crippen molar-refractivity contribution in [3.8, 4) is 0 Å². The van der Waals surface area contributed by atoms with Crippen LogP contribution in [0.3, 0.4) is 0 Å². The molecule has 4 fully saturated rings. The normalized spacial score (nSPS) is 21.8. The fourth-order valence-electron chi connectivity index (χ4n) is 7.28. The molecule has 1 heterocycles. The molecule has 5 atom stereocenters. The highest BCUT2D eigenvalue weighted by molar-refractivity contribution is 5.95. The number of esters is 1. The molecule has 1 aromatic carbocycles. The quantitative estimate of drug-likeness (QED) is 0.145. The number of carbonyl (C=O) groups excluding carboxylic acids is 6. The van der Waals surface area contributed by atoms with Gasteiger partial charge in [-0.15, -0.1) is 0 Å². The molecular formula is C42H69N5O7. The number of hydrogen-bond acceptors (Lipinski definition) is 7. The van der Waals surface area contributed by atoms with Crippen molar-refractivity contribution < 1.29 is 33.5 Å². The Morgan fingerprint density at radius 3 is 1.93 bits per heavy atom. The minimum atomic E-state index is -0.825. The van der Waals surface area contributed by atoms with Crippen molar-refractivity contribution in [3.05, 3.63) is 35.9 Å². The third kappa shape index (κ3) is 17.0. The van der Waals surface area contributed by atoms with Crippen molar-refractivity contribution in [1.29, 1.82) is 0 Å². The van der Waals surface area contributed by atoms with Gasteiger partial charge in [0.15, 0.2) is 5.78 Å². The Hall–Kier alpha value is -3.96. The maximum absolute atomic E-state index is 14.1. The summed E-state index contributed by atoms with van der Waals surface area (Å²) in [5.41, 5.74) is 5.01. The van der Waals surface area contributed by atoms with Gasteiger partial charge < -0.3 is 31.3 Å². The molecule has 0 bridgehead atoms. The van der Waals surface area contributed by atoms with Crippen molar-refractivity contribution in [1.82, 2.24) is 20.9 Å². The lowest BCUT2D eigenvalue weighted by atomic mass is 9.83. The zero-order valence-electron chi connectivity index (χ0n) is 33.6. The SMILES string of the molecule is C1CCCCC1.CC(=O)C(CC1CC1)NC(=O)C1C(C)[C@@H](C)CN1C(=O)C(NC(=O)NCC(=O)OCc1ccccc1)C1CCCCC1.CCC.NC=O. The lowest BCUT2D eigenvalue weighted by Crippen LogP contribution is -2.59. The number of primary amides is 1. The molecular weight excluding hydrogens is 686 g/mol. The highest BCUT2D eigenvalue weighted by Crippen LogP contribution is 2.35. The number of nitrogens with zero attached hydrogens (tertiary/aromatic N) is 1. The number of nitrogens with one attached hydrogen (secondary N) is 3. The number of benzene rings is 1. The lowest BCUT2D eigenvalue weighted by molar-refractivity contribution is -0.143. The number of urea groups is 1. The fourth-order valence-corrected chi connectivity index (χ4v) is 7.28. The van der Waals surface area contributed by atoms with Gasteiger partial charge in [0, 0.05) is 6.54 Å². The molecule has 12 heteroatoms. The van der Waals surface area contributed by atoms with Gasteiger partial charge >= 0.3 is 12.0 Å². The van der Waals surface area contributed by atoms with Crippen molar-refractivity contribution in [3.63, 3.8) is 0 Å². The van der Waals surface area contributed by atoms with E-state index in [9.17, 15) is 24.0 Å². The molecule has 4 aliphatic rings. The first-order valence-corrected chi connectivity index (χ1v) is 20.5. The van der Waals surface area contributed by atoms with Crippen LogP contribution >= 0.6 is 0 Å². The third-order valence-electron chi connectivity index (χ3n) is 10.7. The van der Waals surface area contributed by atoms with Crippen molar-refractivity contribution in [2.24, 2.45) is 29.4 Å². The van der Waals surface area contributed by atoms with E-state index in [-0.39, 0.29) is 54.9 Å². The molecule has 54 heavy (non-hydrogen) atoms. The van der Waals surface area contributed by atoms with Crippen molar-refractivity contribution in [2.75, 3.05) is 13.1 Å². The summed E-state index contributed by atoms with van der Waals surface area (Å²) in [4.78, 5) is 75.4. The Kier molecular flexibility index (Phi) is 22.2. The van der Waals surface area contributed by atoms with E-state index in [0.29, 0.717) is 18.9 Å². The van der Waals surface area contributed by atoms with Gasteiger partial charge in [-0.1, -0.05) is 135 Å². The maximum Gasteiger partial charge on any atom is 0.325 e. The second-order valence-corrected chi connectivity index (χ2v) is 15.4. The van der Waals surface area contributed by atoms with Crippen LogP contribution in [0.15, 0.2) is 30.3 Å². The smallest absolute Gasteiger partial charge is 0.325 e. The molecule has 1 aromatic rings. The number of rotatable bonds is 12. The van der Waals surface area contributed by atoms with Gasteiger partial charge in [0.1, 0.15) is 25.2 Å². The standard InChI is InChI=1S/C32H46N4O6.C6H12.C3H8.CH3NO/c1-20-18-36(29(21(20)2)30(39)34-26(22(3)37)16-23-14-15-23)31(40)28(25-12-8-5-9-13-25)35-32(41)33-17-27(38)42-19-24-10-6-4-7-11-24;1-2-4-6-5-3-1;1-3-2;2-1-3/h4,6-7,10-11,20-21,23,25-26,28-29H,5,8-9,12-19H2,1-3H3,(H,34,39)(H2,33,35,41);1-6H2;3H2,1-2H3;1H,(H2,2,3)/t20-,21?,26?,28?,29?;;;/m0.../s1. The molecule has 0 spiro atoms. The summed E-state index contributed by atoms with van der Waals surface area (Å²) in [6.45, 7) is 9.89. The predicted molar refractivity (Wildman–Crippen MR) is 211 cm³/mol. The Balaban J connectivity index is 0.000000725. The van der Waals surface area contributed by atoms with Gasteiger partial charge in [-0.3, -0.25) is 24.0 Å². The molecule has 3 aliphatic carbocycles. The number of carbonyl (C=O) groups is 6. The van der Waals surface area contributed by atoms with E-state index in [1.54, 1.807) is 4.90 Å². The molecule has 304 valence electrons. The minimum Gasteiger partial charge on any atom is -0.460 e. The van der Waals surface area contributed by atoms with E-state index < -0.39 is 30.1 Å². The van der Waals surface area contributed by atoms with E-state index in [2.05, 4.69) is 35.5 Å². The summed E-state index contributed by atoms with van der Waals surface area (Å²) in [7, 11) is 0. The first kappa shape index (κ1) is 46.2. The minimum absolute atomic E-state index is 0.0724.